The van der Waals surface area contributed by atoms with E-state index in [1.54, 1.807) is 11.3 Å². The van der Waals surface area contributed by atoms with Crippen molar-refractivity contribution in [3.05, 3.63) is 32.7 Å². The van der Waals surface area contributed by atoms with Crippen molar-refractivity contribution < 1.29 is 0 Å². The first-order chi connectivity index (χ1) is 8.19. The number of hydrogen-bond donors (Lipinski definition) is 0. The molecule has 2 aromatic heterocycles. The fourth-order valence-electron chi connectivity index (χ4n) is 1.62. The standard InChI is InChI=1S/C11H15BrN4S/c1-3-16(7-9-6-13-14-15(9)2)8-10-4-5-11(12)17-10/h4-6H,3,7-8H2,1-2H3. The van der Waals surface area contributed by atoms with Crippen molar-refractivity contribution in [3.63, 3.8) is 0 Å². The summed E-state index contributed by atoms with van der Waals surface area (Å²) in [6.45, 7) is 5.04. The van der Waals surface area contributed by atoms with Gasteiger partial charge in [-0.2, -0.15) is 0 Å². The second-order valence-corrected chi connectivity index (χ2v) is 6.41. The van der Waals surface area contributed by atoms with Crippen LogP contribution in [0.4, 0.5) is 0 Å². The summed E-state index contributed by atoms with van der Waals surface area (Å²) in [5, 5.41) is 7.85. The Morgan fingerprint density at radius 1 is 1.41 bits per heavy atom. The molecule has 2 rings (SSSR count). The lowest BCUT2D eigenvalue weighted by atomic mass is 10.3. The van der Waals surface area contributed by atoms with Gasteiger partial charge in [-0.25, -0.2) is 0 Å². The number of rotatable bonds is 5. The lowest BCUT2D eigenvalue weighted by Crippen LogP contribution is -2.23. The quantitative estimate of drug-likeness (QED) is 0.851. The van der Waals surface area contributed by atoms with Gasteiger partial charge < -0.3 is 0 Å². The molecule has 2 aromatic rings. The van der Waals surface area contributed by atoms with Gasteiger partial charge in [-0.1, -0.05) is 12.1 Å². The highest BCUT2D eigenvalue weighted by Gasteiger charge is 2.09. The van der Waals surface area contributed by atoms with Gasteiger partial charge >= 0.3 is 0 Å². The maximum Gasteiger partial charge on any atom is 0.0738 e. The average molecular weight is 315 g/mol. The summed E-state index contributed by atoms with van der Waals surface area (Å²) < 4.78 is 3.01. The van der Waals surface area contributed by atoms with Crippen LogP contribution in [0.3, 0.4) is 0 Å². The van der Waals surface area contributed by atoms with E-state index in [1.807, 2.05) is 17.9 Å². The zero-order valence-corrected chi connectivity index (χ0v) is 12.3. The van der Waals surface area contributed by atoms with E-state index in [4.69, 9.17) is 0 Å². The summed E-state index contributed by atoms with van der Waals surface area (Å²) in [4.78, 5) is 3.74. The Bertz CT molecular complexity index is 479. The Kier molecular flexibility index (Phi) is 4.31. The van der Waals surface area contributed by atoms with Gasteiger partial charge in [0.1, 0.15) is 0 Å². The third kappa shape index (κ3) is 3.37. The van der Waals surface area contributed by atoms with Crippen LogP contribution in [0.5, 0.6) is 0 Å². The third-order valence-corrected chi connectivity index (χ3v) is 4.26. The molecule has 17 heavy (non-hydrogen) atoms. The predicted molar refractivity (Wildman–Crippen MR) is 72.8 cm³/mol. The van der Waals surface area contributed by atoms with Crippen LogP contribution < -0.4 is 0 Å². The third-order valence-electron chi connectivity index (χ3n) is 2.65. The van der Waals surface area contributed by atoms with Crippen LogP contribution >= 0.6 is 27.3 Å². The molecule has 0 fully saturated rings. The normalized spacial score (nSPS) is 11.3. The van der Waals surface area contributed by atoms with Crippen molar-refractivity contribution in [1.29, 1.82) is 0 Å². The first-order valence-corrected chi connectivity index (χ1v) is 7.10. The Morgan fingerprint density at radius 3 is 2.76 bits per heavy atom. The molecule has 6 heteroatoms. The summed E-state index contributed by atoms with van der Waals surface area (Å²) in [6.07, 6.45) is 1.83. The van der Waals surface area contributed by atoms with Crippen LogP contribution in [0.2, 0.25) is 0 Å². The highest BCUT2D eigenvalue weighted by molar-refractivity contribution is 9.11. The van der Waals surface area contributed by atoms with E-state index < -0.39 is 0 Å². The van der Waals surface area contributed by atoms with Gasteiger partial charge in [-0.15, -0.1) is 16.4 Å². The number of halogens is 1. The van der Waals surface area contributed by atoms with E-state index in [0.29, 0.717) is 0 Å². The highest BCUT2D eigenvalue weighted by Crippen LogP contribution is 2.23. The van der Waals surface area contributed by atoms with Crippen LogP contribution in [-0.4, -0.2) is 26.4 Å². The molecule has 0 spiro atoms. The van der Waals surface area contributed by atoms with Gasteiger partial charge in [0.25, 0.3) is 0 Å². The molecule has 0 radical (unpaired) electrons. The minimum absolute atomic E-state index is 0.884. The number of thiophene rings is 1. The minimum atomic E-state index is 0.884. The van der Waals surface area contributed by atoms with E-state index >= 15 is 0 Å². The fourth-order valence-corrected chi connectivity index (χ4v) is 3.15. The molecule has 0 amide bonds. The van der Waals surface area contributed by atoms with Crippen molar-refractivity contribution in [2.45, 2.75) is 20.0 Å². The zero-order chi connectivity index (χ0) is 12.3. The summed E-state index contributed by atoms with van der Waals surface area (Å²) in [5.41, 5.74) is 1.14. The molecule has 92 valence electrons. The molecule has 0 atom stereocenters. The van der Waals surface area contributed by atoms with Crippen LogP contribution in [0, 0.1) is 0 Å². The first-order valence-electron chi connectivity index (χ1n) is 5.49. The molecule has 0 aliphatic carbocycles. The summed E-state index contributed by atoms with van der Waals surface area (Å²) in [5.74, 6) is 0. The van der Waals surface area contributed by atoms with E-state index in [0.717, 1.165) is 25.3 Å². The second kappa shape index (κ2) is 5.75. The topological polar surface area (TPSA) is 34.0 Å². The highest BCUT2D eigenvalue weighted by atomic mass is 79.9. The average Bonchev–Trinajstić information content (AvgIpc) is 2.88. The summed E-state index contributed by atoms with van der Waals surface area (Å²) in [6, 6.07) is 4.26. The summed E-state index contributed by atoms with van der Waals surface area (Å²) >= 11 is 5.28. The molecule has 2 heterocycles. The monoisotopic (exact) mass is 314 g/mol. The Hall–Kier alpha value is -0.720. The predicted octanol–water partition coefficient (Wildman–Crippen LogP) is 2.66. The lowest BCUT2D eigenvalue weighted by molar-refractivity contribution is 0.266. The van der Waals surface area contributed by atoms with Crippen LogP contribution in [0.25, 0.3) is 0 Å². The van der Waals surface area contributed by atoms with Crippen molar-refractivity contribution in [3.8, 4) is 0 Å². The van der Waals surface area contributed by atoms with Gasteiger partial charge in [0.2, 0.25) is 0 Å². The van der Waals surface area contributed by atoms with E-state index in [1.165, 1.54) is 8.66 Å². The van der Waals surface area contributed by atoms with Crippen LogP contribution in [-0.2, 0) is 20.1 Å². The van der Waals surface area contributed by atoms with Gasteiger partial charge in [0.05, 0.1) is 15.7 Å². The minimum Gasteiger partial charge on any atom is -0.293 e. The molecule has 0 aromatic carbocycles. The molecule has 0 saturated heterocycles. The molecule has 0 N–H and O–H groups in total. The summed E-state index contributed by atoms with van der Waals surface area (Å²) in [7, 11) is 1.93. The number of nitrogens with zero attached hydrogens (tertiary/aromatic N) is 4. The lowest BCUT2D eigenvalue weighted by Gasteiger charge is -2.18. The van der Waals surface area contributed by atoms with Crippen molar-refractivity contribution in [1.82, 2.24) is 19.9 Å². The Balaban J connectivity index is 2.00. The number of aryl methyl sites for hydroxylation is 1. The zero-order valence-electron chi connectivity index (χ0n) is 9.93. The van der Waals surface area contributed by atoms with Gasteiger partial charge in [-0.3, -0.25) is 9.58 Å². The SMILES string of the molecule is CCN(Cc1ccc(Br)s1)Cc1cnnn1C. The fraction of sp³-hybridized carbons (Fsp3) is 0.455. The second-order valence-electron chi connectivity index (χ2n) is 3.86. The van der Waals surface area contributed by atoms with Gasteiger partial charge in [0, 0.05) is 25.0 Å². The Labute approximate surface area is 113 Å². The molecule has 0 unspecified atom stereocenters. The van der Waals surface area contributed by atoms with Crippen molar-refractivity contribution in [2.24, 2.45) is 7.05 Å². The van der Waals surface area contributed by atoms with Crippen LogP contribution in [0.15, 0.2) is 22.1 Å². The smallest absolute Gasteiger partial charge is 0.0738 e. The van der Waals surface area contributed by atoms with Crippen LogP contribution in [0.1, 0.15) is 17.5 Å². The van der Waals surface area contributed by atoms with E-state index in [-0.39, 0.29) is 0 Å². The number of hydrogen-bond acceptors (Lipinski definition) is 4. The number of aromatic nitrogens is 3. The van der Waals surface area contributed by atoms with Crippen molar-refractivity contribution in [2.75, 3.05) is 6.54 Å². The van der Waals surface area contributed by atoms with Gasteiger partial charge in [-0.05, 0) is 34.6 Å². The molecule has 0 aliphatic heterocycles. The van der Waals surface area contributed by atoms with E-state index in [9.17, 15) is 0 Å². The maximum absolute atomic E-state index is 3.95. The first kappa shape index (κ1) is 12.7. The van der Waals surface area contributed by atoms with Crippen molar-refractivity contribution >= 4 is 27.3 Å². The molecular formula is C11H15BrN4S. The molecule has 0 saturated carbocycles. The maximum atomic E-state index is 3.95. The molecule has 0 bridgehead atoms. The molecule has 4 nitrogen and oxygen atoms in total. The van der Waals surface area contributed by atoms with Gasteiger partial charge in [0.15, 0.2) is 0 Å². The molecular weight excluding hydrogens is 300 g/mol. The largest absolute Gasteiger partial charge is 0.293 e. The Morgan fingerprint density at radius 2 is 2.24 bits per heavy atom. The van der Waals surface area contributed by atoms with E-state index in [2.05, 4.69) is 50.2 Å². The molecule has 0 aliphatic rings.